The molecule has 112 valence electrons. The second-order valence-corrected chi connectivity index (χ2v) is 5.84. The lowest BCUT2D eigenvalue weighted by Crippen LogP contribution is -2.21. The summed E-state index contributed by atoms with van der Waals surface area (Å²) in [5, 5.41) is 1.00. The third-order valence-corrected chi connectivity index (χ3v) is 4.23. The molecule has 0 aliphatic heterocycles. The van der Waals surface area contributed by atoms with Gasteiger partial charge < -0.3 is 10.3 Å². The quantitative estimate of drug-likeness (QED) is 0.780. The van der Waals surface area contributed by atoms with Crippen LogP contribution in [0.4, 0.5) is 0 Å². The summed E-state index contributed by atoms with van der Waals surface area (Å²) in [6, 6.07) is 14.8. The van der Waals surface area contributed by atoms with E-state index in [1.807, 2.05) is 61.0 Å². The van der Waals surface area contributed by atoms with Gasteiger partial charge in [-0.2, -0.15) is 0 Å². The van der Waals surface area contributed by atoms with Gasteiger partial charge in [0, 0.05) is 18.8 Å². The molecule has 3 aromatic rings. The van der Waals surface area contributed by atoms with Crippen LogP contribution in [0.15, 0.2) is 53.3 Å². The molecule has 0 unspecified atom stereocenters. The number of hydrogen-bond acceptors (Lipinski definition) is 2. The van der Waals surface area contributed by atoms with Crippen LogP contribution in [0.5, 0.6) is 0 Å². The molecule has 1 heterocycles. The van der Waals surface area contributed by atoms with Crippen LogP contribution >= 0.6 is 11.6 Å². The van der Waals surface area contributed by atoms with Gasteiger partial charge in [0.2, 0.25) is 0 Å². The Hall–Kier alpha value is -2.10. The van der Waals surface area contributed by atoms with Crippen molar-refractivity contribution in [1.82, 2.24) is 4.57 Å². The highest BCUT2D eigenvalue weighted by Crippen LogP contribution is 2.29. The Morgan fingerprint density at radius 3 is 2.41 bits per heavy atom. The fraction of sp³-hybridized carbons (Fsp3) is 0.167. The van der Waals surface area contributed by atoms with E-state index in [-0.39, 0.29) is 11.5 Å². The third kappa shape index (κ3) is 2.23. The average Bonchev–Trinajstić information content (AvgIpc) is 2.50. The van der Waals surface area contributed by atoms with E-state index in [0.717, 1.165) is 16.8 Å². The molecule has 3 rings (SSSR count). The smallest absolute Gasteiger partial charge is 0.199 e. The van der Waals surface area contributed by atoms with Crippen molar-refractivity contribution in [2.75, 3.05) is 0 Å². The number of rotatable bonds is 2. The first-order chi connectivity index (χ1) is 10.5. The number of nitrogens with two attached hydrogens (primary N) is 1. The molecule has 0 bridgehead atoms. The average molecular weight is 313 g/mol. The molecule has 2 N–H and O–H groups in total. The van der Waals surface area contributed by atoms with Gasteiger partial charge in [0.25, 0.3) is 0 Å². The van der Waals surface area contributed by atoms with Gasteiger partial charge in [0.05, 0.1) is 21.5 Å². The summed E-state index contributed by atoms with van der Waals surface area (Å²) >= 11 is 6.28. The third-order valence-electron chi connectivity index (χ3n) is 3.92. The molecule has 0 radical (unpaired) electrons. The molecule has 4 heteroatoms. The Kier molecular flexibility index (Phi) is 3.77. The van der Waals surface area contributed by atoms with E-state index in [1.54, 1.807) is 6.07 Å². The van der Waals surface area contributed by atoms with Crippen molar-refractivity contribution >= 4 is 22.5 Å². The van der Waals surface area contributed by atoms with Crippen LogP contribution < -0.4 is 11.2 Å². The van der Waals surface area contributed by atoms with Crippen molar-refractivity contribution in [3.63, 3.8) is 0 Å². The van der Waals surface area contributed by atoms with Crippen molar-refractivity contribution in [1.29, 1.82) is 0 Å². The zero-order valence-electron chi connectivity index (χ0n) is 12.5. The van der Waals surface area contributed by atoms with E-state index < -0.39 is 0 Å². The van der Waals surface area contributed by atoms with Gasteiger partial charge in [-0.05, 0) is 24.6 Å². The SMILES string of the molecule is C[C@H](N)c1c(-c2ccccc2)c(=O)c2c(Cl)cccc2n1C. The van der Waals surface area contributed by atoms with Crippen LogP contribution in [0.1, 0.15) is 18.7 Å². The Labute approximate surface area is 133 Å². The van der Waals surface area contributed by atoms with Crippen molar-refractivity contribution in [3.8, 4) is 11.1 Å². The maximum absolute atomic E-state index is 13.1. The topological polar surface area (TPSA) is 48.0 Å². The van der Waals surface area contributed by atoms with Gasteiger partial charge in [-0.1, -0.05) is 48.0 Å². The normalized spacial score (nSPS) is 12.5. The first-order valence-electron chi connectivity index (χ1n) is 7.14. The Balaban J connectivity index is 2.55. The summed E-state index contributed by atoms with van der Waals surface area (Å²) in [7, 11) is 1.92. The summed E-state index contributed by atoms with van der Waals surface area (Å²) in [6.45, 7) is 1.89. The molecular formula is C18H17ClN2O. The maximum atomic E-state index is 13.1. The molecule has 0 aliphatic carbocycles. The number of aromatic nitrogens is 1. The maximum Gasteiger partial charge on any atom is 0.199 e. The van der Waals surface area contributed by atoms with Gasteiger partial charge in [0.15, 0.2) is 5.43 Å². The Morgan fingerprint density at radius 2 is 1.77 bits per heavy atom. The van der Waals surface area contributed by atoms with Crippen LogP contribution in [0.3, 0.4) is 0 Å². The Morgan fingerprint density at radius 1 is 1.09 bits per heavy atom. The first kappa shape index (κ1) is 14.8. The second kappa shape index (κ2) is 5.59. The molecule has 2 aromatic carbocycles. The number of aryl methyl sites for hydroxylation is 1. The molecule has 22 heavy (non-hydrogen) atoms. The predicted molar refractivity (Wildman–Crippen MR) is 92.2 cm³/mol. The number of nitrogens with zero attached hydrogens (tertiary/aromatic N) is 1. The lowest BCUT2D eigenvalue weighted by Gasteiger charge is -2.20. The summed E-state index contributed by atoms with van der Waals surface area (Å²) in [4.78, 5) is 13.1. The number of benzene rings is 2. The first-order valence-corrected chi connectivity index (χ1v) is 7.52. The Bertz CT molecular complexity index is 898. The minimum absolute atomic E-state index is 0.0720. The van der Waals surface area contributed by atoms with Crippen molar-refractivity contribution in [2.45, 2.75) is 13.0 Å². The van der Waals surface area contributed by atoms with E-state index in [9.17, 15) is 4.79 Å². The standard InChI is InChI=1S/C18H17ClN2O/c1-11(20)17-15(12-7-4-3-5-8-12)18(22)16-13(19)9-6-10-14(16)21(17)2/h3-11H,20H2,1-2H3/t11-/m0/s1. The van der Waals surface area contributed by atoms with Crippen molar-refractivity contribution < 1.29 is 0 Å². The number of hydrogen-bond donors (Lipinski definition) is 1. The second-order valence-electron chi connectivity index (χ2n) is 5.44. The lowest BCUT2D eigenvalue weighted by molar-refractivity contribution is 0.719. The van der Waals surface area contributed by atoms with Gasteiger partial charge in [-0.25, -0.2) is 0 Å². The minimum Gasteiger partial charge on any atom is -0.345 e. The van der Waals surface area contributed by atoms with Crippen LogP contribution in [-0.2, 0) is 7.05 Å². The number of fused-ring (bicyclic) bond motifs is 1. The highest BCUT2D eigenvalue weighted by atomic mass is 35.5. The molecule has 0 fully saturated rings. The summed E-state index contributed by atoms with van der Waals surface area (Å²) in [5.41, 5.74) is 9.18. The molecule has 1 atom stereocenters. The van der Waals surface area contributed by atoms with Crippen molar-refractivity contribution in [2.24, 2.45) is 12.8 Å². The minimum atomic E-state index is -0.267. The predicted octanol–water partition coefficient (Wildman–Crippen LogP) is 3.88. The molecule has 1 aromatic heterocycles. The number of pyridine rings is 1. The highest BCUT2D eigenvalue weighted by molar-refractivity contribution is 6.35. The fourth-order valence-corrected chi connectivity index (χ4v) is 3.23. The summed E-state index contributed by atoms with van der Waals surface area (Å²) < 4.78 is 1.97. The van der Waals surface area contributed by atoms with Gasteiger partial charge in [0.1, 0.15) is 0 Å². The highest BCUT2D eigenvalue weighted by Gasteiger charge is 2.20. The van der Waals surface area contributed by atoms with Crippen LogP contribution in [0.25, 0.3) is 22.0 Å². The molecule has 0 aliphatic rings. The van der Waals surface area contributed by atoms with E-state index in [1.165, 1.54) is 0 Å². The molecule has 0 saturated heterocycles. The van der Waals surface area contributed by atoms with Crippen LogP contribution in [-0.4, -0.2) is 4.57 Å². The van der Waals surface area contributed by atoms with Gasteiger partial charge in [-0.15, -0.1) is 0 Å². The van der Waals surface area contributed by atoms with Crippen LogP contribution in [0, 0.1) is 0 Å². The monoisotopic (exact) mass is 312 g/mol. The van der Waals surface area contributed by atoms with Gasteiger partial charge in [-0.3, -0.25) is 4.79 Å². The number of halogens is 1. The van der Waals surface area contributed by atoms with Gasteiger partial charge >= 0.3 is 0 Å². The lowest BCUT2D eigenvalue weighted by atomic mass is 9.97. The van der Waals surface area contributed by atoms with E-state index in [0.29, 0.717) is 16.0 Å². The van der Waals surface area contributed by atoms with E-state index >= 15 is 0 Å². The zero-order chi connectivity index (χ0) is 15.9. The summed E-state index contributed by atoms with van der Waals surface area (Å²) in [5.74, 6) is 0. The summed E-state index contributed by atoms with van der Waals surface area (Å²) in [6.07, 6.45) is 0. The van der Waals surface area contributed by atoms with Crippen molar-refractivity contribution in [3.05, 3.63) is 69.5 Å². The molecule has 0 spiro atoms. The largest absolute Gasteiger partial charge is 0.345 e. The van der Waals surface area contributed by atoms with E-state index in [2.05, 4.69) is 0 Å². The molecule has 3 nitrogen and oxygen atoms in total. The molecule has 0 amide bonds. The molecular weight excluding hydrogens is 296 g/mol. The fourth-order valence-electron chi connectivity index (χ4n) is 2.97. The zero-order valence-corrected chi connectivity index (χ0v) is 13.3. The molecule has 0 saturated carbocycles. The van der Waals surface area contributed by atoms with Crippen LogP contribution in [0.2, 0.25) is 5.02 Å². The van der Waals surface area contributed by atoms with E-state index in [4.69, 9.17) is 17.3 Å².